The van der Waals surface area contributed by atoms with Crippen molar-refractivity contribution in [2.75, 3.05) is 13.1 Å². The van der Waals surface area contributed by atoms with Crippen molar-refractivity contribution in [1.82, 2.24) is 5.32 Å². The Balaban J connectivity index is 2.16. The second kappa shape index (κ2) is 7.30. The van der Waals surface area contributed by atoms with E-state index in [9.17, 15) is 4.79 Å². The number of hydrogen-bond donors (Lipinski definition) is 1. The van der Waals surface area contributed by atoms with Gasteiger partial charge in [-0.3, -0.25) is 4.79 Å². The Labute approximate surface area is 107 Å². The lowest BCUT2D eigenvalue weighted by atomic mass is 10.1. The van der Waals surface area contributed by atoms with Gasteiger partial charge in [0.05, 0.1) is 12.6 Å². The van der Waals surface area contributed by atoms with E-state index in [0.29, 0.717) is 0 Å². The van der Waals surface area contributed by atoms with E-state index in [4.69, 9.17) is 16.3 Å². The van der Waals surface area contributed by atoms with Crippen molar-refractivity contribution in [3.8, 4) is 0 Å². The summed E-state index contributed by atoms with van der Waals surface area (Å²) < 4.78 is 5.00. The van der Waals surface area contributed by atoms with Gasteiger partial charge in [-0.15, -0.1) is 0 Å². The monoisotopic (exact) mass is 255 g/mol. The Kier molecular flexibility index (Phi) is 6.01. The number of benzene rings is 1. The molecule has 94 valence electrons. The first-order valence-corrected chi connectivity index (χ1v) is 6.10. The lowest BCUT2D eigenvalue weighted by Gasteiger charge is -2.08. The van der Waals surface area contributed by atoms with Crippen molar-refractivity contribution in [1.29, 1.82) is 0 Å². The summed E-state index contributed by atoms with van der Waals surface area (Å²) in [6.07, 6.45) is 0.812. The zero-order chi connectivity index (χ0) is 12.7. The lowest BCUT2D eigenvalue weighted by molar-refractivity contribution is -0.146. The topological polar surface area (TPSA) is 38.3 Å². The molecule has 0 saturated carbocycles. The molecule has 0 aliphatic rings. The van der Waals surface area contributed by atoms with Crippen LogP contribution in [0.5, 0.6) is 0 Å². The summed E-state index contributed by atoms with van der Waals surface area (Å²) in [5, 5.41) is 3.78. The van der Waals surface area contributed by atoms with E-state index in [1.54, 1.807) is 0 Å². The molecule has 1 aromatic rings. The van der Waals surface area contributed by atoms with Gasteiger partial charge in [0.2, 0.25) is 0 Å². The molecule has 0 aliphatic carbocycles. The second-order valence-corrected chi connectivity index (χ2v) is 4.53. The molecule has 0 radical (unpaired) electrons. The predicted octanol–water partition coefficient (Wildman–Crippen LogP) is 2.42. The Morgan fingerprint density at radius 1 is 1.35 bits per heavy atom. The maximum absolute atomic E-state index is 11.2. The predicted molar refractivity (Wildman–Crippen MR) is 69.3 cm³/mol. The van der Waals surface area contributed by atoms with Crippen molar-refractivity contribution in [2.24, 2.45) is 0 Å². The van der Waals surface area contributed by atoms with E-state index in [-0.39, 0.29) is 18.6 Å². The number of hydrogen-bond acceptors (Lipinski definition) is 3. The zero-order valence-electron chi connectivity index (χ0n) is 10.2. The van der Waals surface area contributed by atoms with E-state index in [2.05, 4.69) is 5.32 Å². The summed E-state index contributed by atoms with van der Waals surface area (Å²) in [6, 6.07) is 7.70. The number of esters is 1. The molecule has 0 aliphatic heterocycles. The van der Waals surface area contributed by atoms with Crippen LogP contribution in [0.3, 0.4) is 0 Å². The highest BCUT2D eigenvalue weighted by Gasteiger charge is 2.03. The van der Waals surface area contributed by atoms with Gasteiger partial charge >= 0.3 is 5.97 Å². The van der Waals surface area contributed by atoms with Gasteiger partial charge in [0.25, 0.3) is 0 Å². The molecular weight excluding hydrogens is 238 g/mol. The molecule has 0 aromatic heterocycles. The largest absolute Gasteiger partial charge is 0.462 e. The Hall–Kier alpha value is -1.06. The number of carbonyl (C=O) groups is 1. The van der Waals surface area contributed by atoms with E-state index < -0.39 is 0 Å². The van der Waals surface area contributed by atoms with E-state index in [1.165, 1.54) is 5.56 Å². The fourth-order valence-electron chi connectivity index (χ4n) is 1.38. The van der Waals surface area contributed by atoms with Gasteiger partial charge in [0.1, 0.15) is 0 Å². The van der Waals surface area contributed by atoms with Gasteiger partial charge < -0.3 is 10.1 Å². The Bertz CT molecular complexity index is 349. The molecular formula is C13H18ClNO2. The standard InChI is InChI=1S/C13H18ClNO2/c1-10(2)17-13(16)9-15-8-7-11-3-5-12(14)6-4-11/h3-6,10,15H,7-9H2,1-2H3. The maximum atomic E-state index is 11.2. The van der Waals surface area contributed by atoms with Crippen LogP contribution in [0, 0.1) is 0 Å². The van der Waals surface area contributed by atoms with E-state index in [0.717, 1.165) is 18.0 Å². The zero-order valence-corrected chi connectivity index (χ0v) is 11.0. The van der Waals surface area contributed by atoms with Crippen molar-refractivity contribution in [3.63, 3.8) is 0 Å². The second-order valence-electron chi connectivity index (χ2n) is 4.09. The molecule has 0 saturated heterocycles. The number of nitrogens with one attached hydrogen (secondary N) is 1. The number of ether oxygens (including phenoxy) is 1. The highest BCUT2D eigenvalue weighted by atomic mass is 35.5. The fraction of sp³-hybridized carbons (Fsp3) is 0.462. The summed E-state index contributed by atoms with van der Waals surface area (Å²) in [5.41, 5.74) is 1.19. The highest BCUT2D eigenvalue weighted by molar-refractivity contribution is 6.30. The maximum Gasteiger partial charge on any atom is 0.320 e. The Morgan fingerprint density at radius 3 is 2.59 bits per heavy atom. The number of halogens is 1. The molecule has 0 unspecified atom stereocenters. The van der Waals surface area contributed by atoms with Crippen LogP contribution in [0.25, 0.3) is 0 Å². The number of rotatable bonds is 6. The van der Waals surface area contributed by atoms with Crippen LogP contribution in [-0.2, 0) is 16.0 Å². The normalized spacial score (nSPS) is 10.6. The number of carbonyl (C=O) groups excluding carboxylic acids is 1. The van der Waals surface area contributed by atoms with Crippen molar-refractivity contribution >= 4 is 17.6 Å². The fourth-order valence-corrected chi connectivity index (χ4v) is 1.50. The van der Waals surface area contributed by atoms with Gasteiger partial charge in [-0.05, 0) is 44.5 Å². The summed E-state index contributed by atoms with van der Waals surface area (Å²) in [4.78, 5) is 11.2. The van der Waals surface area contributed by atoms with E-state index >= 15 is 0 Å². The molecule has 1 N–H and O–H groups in total. The first-order valence-electron chi connectivity index (χ1n) is 5.72. The van der Waals surface area contributed by atoms with Gasteiger partial charge in [0, 0.05) is 5.02 Å². The van der Waals surface area contributed by atoms with Crippen molar-refractivity contribution in [2.45, 2.75) is 26.4 Å². The highest BCUT2D eigenvalue weighted by Crippen LogP contribution is 2.09. The van der Waals surface area contributed by atoms with Crippen LogP contribution in [0.2, 0.25) is 5.02 Å². The third-order valence-electron chi connectivity index (χ3n) is 2.14. The van der Waals surface area contributed by atoms with Gasteiger partial charge in [0.15, 0.2) is 0 Å². The van der Waals surface area contributed by atoms with Crippen LogP contribution in [0.4, 0.5) is 0 Å². The first-order chi connectivity index (χ1) is 8.08. The summed E-state index contributed by atoms with van der Waals surface area (Å²) in [7, 11) is 0. The van der Waals surface area contributed by atoms with Gasteiger partial charge in [-0.2, -0.15) is 0 Å². The molecule has 1 rings (SSSR count). The summed E-state index contributed by atoms with van der Waals surface area (Å²) >= 11 is 5.79. The molecule has 3 nitrogen and oxygen atoms in total. The molecule has 0 bridgehead atoms. The average molecular weight is 256 g/mol. The minimum absolute atomic E-state index is 0.0550. The lowest BCUT2D eigenvalue weighted by Crippen LogP contribution is -2.28. The van der Waals surface area contributed by atoms with Crippen LogP contribution in [0.1, 0.15) is 19.4 Å². The van der Waals surface area contributed by atoms with Crippen LogP contribution >= 0.6 is 11.6 Å². The third-order valence-corrected chi connectivity index (χ3v) is 2.39. The smallest absolute Gasteiger partial charge is 0.320 e. The van der Waals surface area contributed by atoms with Gasteiger partial charge in [-0.25, -0.2) is 0 Å². The summed E-state index contributed by atoms with van der Waals surface area (Å²) in [6.45, 7) is 4.68. The van der Waals surface area contributed by atoms with Gasteiger partial charge in [-0.1, -0.05) is 23.7 Å². The molecule has 1 aromatic carbocycles. The van der Waals surface area contributed by atoms with Crippen LogP contribution in [-0.4, -0.2) is 25.2 Å². The van der Waals surface area contributed by atoms with Crippen molar-refractivity contribution < 1.29 is 9.53 Å². The SMILES string of the molecule is CC(C)OC(=O)CNCCc1ccc(Cl)cc1. The molecule has 0 fully saturated rings. The molecule has 0 amide bonds. The van der Waals surface area contributed by atoms with E-state index in [1.807, 2.05) is 38.1 Å². The molecule has 4 heteroatoms. The quantitative estimate of drug-likeness (QED) is 0.627. The third kappa shape index (κ3) is 6.29. The Morgan fingerprint density at radius 2 is 2.00 bits per heavy atom. The minimum Gasteiger partial charge on any atom is -0.462 e. The summed E-state index contributed by atoms with van der Waals surface area (Å²) in [5.74, 6) is -0.212. The molecule has 17 heavy (non-hydrogen) atoms. The average Bonchev–Trinajstić information content (AvgIpc) is 2.26. The first kappa shape index (κ1) is 14.0. The van der Waals surface area contributed by atoms with Crippen LogP contribution < -0.4 is 5.32 Å². The molecule has 0 heterocycles. The van der Waals surface area contributed by atoms with Crippen molar-refractivity contribution in [3.05, 3.63) is 34.9 Å². The molecule has 0 atom stereocenters. The van der Waals surface area contributed by atoms with Crippen LogP contribution in [0.15, 0.2) is 24.3 Å². The minimum atomic E-state index is -0.212. The molecule has 0 spiro atoms.